The lowest BCUT2D eigenvalue weighted by Gasteiger charge is -2.31. The minimum absolute atomic E-state index is 0.00581. The molecule has 1 aromatic heterocycles. The molecule has 4 aromatic rings. The van der Waals surface area contributed by atoms with Crippen LogP contribution in [0.4, 0.5) is 5.69 Å². The first-order chi connectivity index (χ1) is 27.7. The van der Waals surface area contributed by atoms with Crippen LogP contribution in [0.1, 0.15) is 56.3 Å². The molecule has 16 heteroatoms. The third kappa shape index (κ3) is 10.3. The van der Waals surface area contributed by atoms with Crippen LogP contribution in [0.5, 0.6) is 40.2 Å². The number of likely N-dealkylation sites (tertiary alicyclic amines) is 1. The predicted octanol–water partition coefficient (Wildman–Crippen LogP) is 9.02. The first kappa shape index (κ1) is 43.2. The van der Waals surface area contributed by atoms with Crippen LogP contribution >= 0.6 is 23.5 Å². The molecule has 1 atom stereocenters. The van der Waals surface area contributed by atoms with E-state index in [-0.39, 0.29) is 39.3 Å². The fourth-order valence-electron chi connectivity index (χ4n) is 6.69. The summed E-state index contributed by atoms with van der Waals surface area (Å²) in [7, 11) is 7.69. The number of nitro benzene ring substituents is 1. The van der Waals surface area contributed by atoms with Gasteiger partial charge in [0.05, 0.1) is 70.4 Å². The summed E-state index contributed by atoms with van der Waals surface area (Å²) in [4.78, 5) is 27.4. The van der Waals surface area contributed by atoms with Crippen LogP contribution in [0, 0.1) is 10.1 Å². The molecule has 0 bridgehead atoms. The van der Waals surface area contributed by atoms with Gasteiger partial charge in [-0.05, 0) is 73.9 Å². The van der Waals surface area contributed by atoms with Gasteiger partial charge in [0.15, 0.2) is 40.3 Å². The largest absolute Gasteiger partial charge is 0.493 e. The molecule has 14 nitrogen and oxygen atoms in total. The Bertz CT molecular complexity index is 1940. The summed E-state index contributed by atoms with van der Waals surface area (Å²) in [6.45, 7) is 5.47. The number of methoxy groups -OCH3 is 5. The van der Waals surface area contributed by atoms with Gasteiger partial charge in [0, 0.05) is 29.8 Å². The van der Waals surface area contributed by atoms with Crippen LogP contribution in [-0.4, -0.2) is 98.3 Å². The second kappa shape index (κ2) is 21.0. The molecule has 5 rings (SSSR count). The number of nitrogens with zero attached hydrogens (tertiary/aromatic N) is 3. The van der Waals surface area contributed by atoms with Crippen LogP contribution in [0.15, 0.2) is 53.1 Å². The van der Waals surface area contributed by atoms with Crippen molar-refractivity contribution in [1.82, 2.24) is 10.1 Å². The fourth-order valence-corrected chi connectivity index (χ4v) is 9.56. The molecule has 57 heavy (non-hydrogen) atoms. The molecule has 0 unspecified atom stereocenters. The SMILES string of the molecule is CCSC(SCC)[C@@H]1CCCN1C(=O)c1cc(OC)c(OCCCCCOc2cc(-c3cc(-c4cc(OC)c(OC)c(OC)c4)on3)ccc2OC)cc1[N+](=O)[O-]. The van der Waals surface area contributed by atoms with E-state index in [0.29, 0.717) is 78.4 Å². The third-order valence-electron chi connectivity index (χ3n) is 9.47. The number of hydrogen-bond donors (Lipinski definition) is 0. The third-order valence-corrected chi connectivity index (χ3v) is 12.2. The van der Waals surface area contributed by atoms with Gasteiger partial charge in [-0.25, -0.2) is 0 Å². The molecule has 3 aromatic carbocycles. The normalized spacial score (nSPS) is 13.8. The highest BCUT2D eigenvalue weighted by Gasteiger charge is 2.38. The fraction of sp³-hybridized carbons (Fsp3) is 0.463. The Hall–Kier alpha value is -4.96. The molecule has 1 saturated heterocycles. The molecule has 0 saturated carbocycles. The van der Waals surface area contributed by atoms with Crippen molar-refractivity contribution >= 4 is 35.1 Å². The Morgan fingerprint density at radius 1 is 0.807 bits per heavy atom. The first-order valence-corrected chi connectivity index (χ1v) is 20.9. The monoisotopic (exact) mass is 825 g/mol. The highest BCUT2D eigenvalue weighted by atomic mass is 32.2. The van der Waals surface area contributed by atoms with Crippen molar-refractivity contribution in [1.29, 1.82) is 0 Å². The molecule has 1 aliphatic rings. The second-order valence-corrected chi connectivity index (χ2v) is 16.0. The van der Waals surface area contributed by atoms with E-state index in [1.54, 1.807) is 45.5 Å². The quantitative estimate of drug-likeness (QED) is 0.0320. The molecule has 0 aliphatic carbocycles. The molecule has 1 aliphatic heterocycles. The Kier molecular flexibility index (Phi) is 15.9. The highest BCUT2D eigenvalue weighted by Crippen LogP contribution is 2.43. The van der Waals surface area contributed by atoms with E-state index in [2.05, 4.69) is 19.0 Å². The molecular weight excluding hydrogens is 775 g/mol. The van der Waals surface area contributed by atoms with Gasteiger partial charge in [0.1, 0.15) is 11.3 Å². The highest BCUT2D eigenvalue weighted by molar-refractivity contribution is 8.17. The smallest absolute Gasteiger partial charge is 0.286 e. The van der Waals surface area contributed by atoms with E-state index >= 15 is 0 Å². The number of ether oxygens (including phenoxy) is 7. The summed E-state index contributed by atoms with van der Waals surface area (Å²) < 4.78 is 45.5. The second-order valence-electron chi connectivity index (χ2n) is 12.9. The van der Waals surface area contributed by atoms with Crippen LogP contribution in [0.3, 0.4) is 0 Å². The molecule has 2 heterocycles. The lowest BCUT2D eigenvalue weighted by atomic mass is 10.1. The number of rotatable bonds is 22. The van der Waals surface area contributed by atoms with Crippen molar-refractivity contribution in [3.8, 4) is 62.8 Å². The Labute approximate surface area is 341 Å². The van der Waals surface area contributed by atoms with E-state index < -0.39 is 4.92 Å². The first-order valence-electron chi connectivity index (χ1n) is 18.8. The van der Waals surface area contributed by atoms with Crippen molar-refractivity contribution in [2.45, 2.75) is 56.6 Å². The van der Waals surface area contributed by atoms with Crippen LogP contribution in [0.2, 0.25) is 0 Å². The summed E-state index contributed by atoms with van der Waals surface area (Å²) in [6, 6.07) is 13.7. The van der Waals surface area contributed by atoms with Crippen molar-refractivity contribution in [3.05, 3.63) is 64.2 Å². The number of nitro groups is 1. The maximum Gasteiger partial charge on any atom is 0.286 e. The number of aromatic nitrogens is 1. The van der Waals surface area contributed by atoms with Gasteiger partial charge in [-0.15, -0.1) is 23.5 Å². The zero-order chi connectivity index (χ0) is 40.9. The molecule has 308 valence electrons. The van der Waals surface area contributed by atoms with Crippen molar-refractivity contribution in [2.24, 2.45) is 0 Å². The Morgan fingerprint density at radius 3 is 2.00 bits per heavy atom. The average Bonchev–Trinajstić information content (AvgIpc) is 3.93. The lowest BCUT2D eigenvalue weighted by Crippen LogP contribution is -2.41. The van der Waals surface area contributed by atoms with E-state index in [4.69, 9.17) is 37.7 Å². The minimum Gasteiger partial charge on any atom is -0.493 e. The minimum atomic E-state index is -0.526. The summed E-state index contributed by atoms with van der Waals surface area (Å²) in [5.41, 5.74) is 1.79. The van der Waals surface area contributed by atoms with E-state index in [1.165, 1.54) is 19.2 Å². The molecule has 1 amide bonds. The van der Waals surface area contributed by atoms with Crippen molar-refractivity contribution < 1.29 is 47.4 Å². The molecule has 0 spiro atoms. The summed E-state index contributed by atoms with van der Waals surface area (Å²) in [5.74, 6) is 5.12. The predicted molar refractivity (Wildman–Crippen MR) is 222 cm³/mol. The van der Waals surface area contributed by atoms with Gasteiger partial charge in [-0.1, -0.05) is 19.0 Å². The zero-order valence-electron chi connectivity index (χ0n) is 33.5. The number of carbonyl (C=O) groups excluding carboxylic acids is 1. The van der Waals surface area contributed by atoms with Gasteiger partial charge >= 0.3 is 0 Å². The number of carbonyl (C=O) groups is 1. The topological polar surface area (TPSA) is 154 Å². The summed E-state index contributed by atoms with van der Waals surface area (Å²) in [5, 5.41) is 16.5. The van der Waals surface area contributed by atoms with E-state index in [1.807, 2.05) is 47.8 Å². The van der Waals surface area contributed by atoms with Gasteiger partial charge in [0.2, 0.25) is 5.75 Å². The molecule has 0 radical (unpaired) electrons. The number of hydrogen-bond acceptors (Lipinski definition) is 14. The maximum atomic E-state index is 13.9. The van der Waals surface area contributed by atoms with E-state index in [0.717, 1.165) is 36.3 Å². The van der Waals surface area contributed by atoms with E-state index in [9.17, 15) is 14.9 Å². The van der Waals surface area contributed by atoms with Crippen LogP contribution < -0.4 is 33.2 Å². The van der Waals surface area contributed by atoms with Crippen LogP contribution in [-0.2, 0) is 0 Å². The number of benzene rings is 3. The Morgan fingerprint density at radius 2 is 1.42 bits per heavy atom. The van der Waals surface area contributed by atoms with Gasteiger partial charge < -0.3 is 42.6 Å². The van der Waals surface area contributed by atoms with Gasteiger partial charge in [0.25, 0.3) is 11.6 Å². The zero-order valence-corrected chi connectivity index (χ0v) is 35.1. The van der Waals surface area contributed by atoms with Crippen molar-refractivity contribution in [2.75, 3.05) is 66.8 Å². The van der Waals surface area contributed by atoms with Gasteiger partial charge in [-0.2, -0.15) is 0 Å². The molecule has 0 N–H and O–H groups in total. The summed E-state index contributed by atoms with van der Waals surface area (Å²) in [6.07, 6.45) is 3.86. The number of unbranched alkanes of at least 4 members (excludes halogenated alkanes) is 2. The maximum absolute atomic E-state index is 13.9. The Balaban J connectivity index is 1.18. The standard InChI is InChI=1S/C41H51N3O11S2/c1-8-56-41(57-9-2)30-14-13-17-43(30)40(45)28-23-34(49-4)36(25-31(28)44(46)47)54-19-12-10-11-18-53-35-20-26(15-16-32(35)48-3)29-24-33(55-42-29)27-21-37(50-5)39(52-7)38(22-27)51-6/h15-16,20-25,30,41H,8-14,17-19H2,1-7H3/t30-/m0/s1. The average molecular weight is 826 g/mol. The summed E-state index contributed by atoms with van der Waals surface area (Å²) >= 11 is 3.63. The molecular formula is C41H51N3O11S2. The number of thioether (sulfide) groups is 2. The number of amides is 1. The lowest BCUT2D eigenvalue weighted by molar-refractivity contribution is -0.385. The molecule has 1 fully saturated rings. The van der Waals surface area contributed by atoms with Gasteiger partial charge in [-0.3, -0.25) is 14.9 Å². The van der Waals surface area contributed by atoms with Crippen molar-refractivity contribution in [3.63, 3.8) is 0 Å². The van der Waals surface area contributed by atoms with Crippen LogP contribution in [0.25, 0.3) is 22.6 Å².